The number of carbonyl (C=O) groups is 1. The van der Waals surface area contributed by atoms with Crippen LogP contribution in [0.4, 0.5) is 5.82 Å². The fourth-order valence-corrected chi connectivity index (χ4v) is 1.73. The molecule has 0 aliphatic heterocycles. The van der Waals surface area contributed by atoms with Crippen molar-refractivity contribution < 1.29 is 9.53 Å². The number of hydrogen-bond acceptors (Lipinski definition) is 5. The number of rotatable bonds is 4. The van der Waals surface area contributed by atoms with Crippen LogP contribution in [0.5, 0.6) is 0 Å². The first kappa shape index (κ1) is 12.4. The summed E-state index contributed by atoms with van der Waals surface area (Å²) in [6.45, 7) is 0.772. The van der Waals surface area contributed by atoms with Crippen LogP contribution in [0.3, 0.4) is 0 Å². The van der Waals surface area contributed by atoms with Gasteiger partial charge in [-0.25, -0.2) is 9.78 Å². The van der Waals surface area contributed by atoms with Gasteiger partial charge in [0.1, 0.15) is 5.02 Å². The summed E-state index contributed by atoms with van der Waals surface area (Å²) in [4.78, 5) is 19.1. The first-order chi connectivity index (χ1) is 8.11. The molecule has 0 atom stereocenters. The molecule has 1 N–H and O–H groups in total. The SMILES string of the molecule is COC(=O)c1nc(Cl)nc(NCC2CC2)c1Cl. The average molecular weight is 276 g/mol. The van der Waals surface area contributed by atoms with E-state index < -0.39 is 5.97 Å². The first-order valence-corrected chi connectivity index (χ1v) is 5.92. The summed E-state index contributed by atoms with van der Waals surface area (Å²) in [7, 11) is 1.26. The van der Waals surface area contributed by atoms with Gasteiger partial charge in [-0.15, -0.1) is 0 Å². The topological polar surface area (TPSA) is 64.1 Å². The zero-order valence-corrected chi connectivity index (χ0v) is 10.7. The molecule has 17 heavy (non-hydrogen) atoms. The molecule has 5 nitrogen and oxygen atoms in total. The molecule has 7 heteroatoms. The van der Waals surface area contributed by atoms with Gasteiger partial charge in [0, 0.05) is 6.54 Å². The Balaban J connectivity index is 2.23. The average Bonchev–Trinajstić information content (AvgIpc) is 3.12. The third kappa shape index (κ3) is 2.98. The normalized spacial score (nSPS) is 14.5. The fourth-order valence-electron chi connectivity index (χ4n) is 1.33. The van der Waals surface area contributed by atoms with Crippen LogP contribution in [0.15, 0.2) is 0 Å². The second-order valence-corrected chi connectivity index (χ2v) is 4.54. The molecule has 0 aromatic carbocycles. The van der Waals surface area contributed by atoms with Crippen molar-refractivity contribution in [1.82, 2.24) is 9.97 Å². The van der Waals surface area contributed by atoms with Crippen LogP contribution in [0.25, 0.3) is 0 Å². The zero-order valence-electron chi connectivity index (χ0n) is 9.17. The van der Waals surface area contributed by atoms with Crippen LogP contribution >= 0.6 is 23.2 Å². The molecule has 1 aliphatic carbocycles. The Hall–Kier alpha value is -1.07. The van der Waals surface area contributed by atoms with Crippen molar-refractivity contribution in [2.75, 3.05) is 19.0 Å². The number of ether oxygens (including phenoxy) is 1. The van der Waals surface area contributed by atoms with Gasteiger partial charge in [0.15, 0.2) is 11.5 Å². The summed E-state index contributed by atoms with van der Waals surface area (Å²) in [6.07, 6.45) is 2.40. The van der Waals surface area contributed by atoms with Gasteiger partial charge in [0.25, 0.3) is 0 Å². The fraction of sp³-hybridized carbons (Fsp3) is 0.500. The maximum Gasteiger partial charge on any atom is 0.358 e. The van der Waals surface area contributed by atoms with Gasteiger partial charge < -0.3 is 10.1 Å². The van der Waals surface area contributed by atoms with Crippen molar-refractivity contribution in [1.29, 1.82) is 0 Å². The molecule has 1 heterocycles. The van der Waals surface area contributed by atoms with Gasteiger partial charge in [0.2, 0.25) is 5.28 Å². The van der Waals surface area contributed by atoms with Gasteiger partial charge in [-0.05, 0) is 30.4 Å². The maximum absolute atomic E-state index is 11.4. The molecule has 1 aliphatic rings. The molecule has 1 saturated carbocycles. The summed E-state index contributed by atoms with van der Waals surface area (Å²) < 4.78 is 4.56. The van der Waals surface area contributed by atoms with Crippen LogP contribution in [-0.4, -0.2) is 29.6 Å². The smallest absolute Gasteiger partial charge is 0.358 e. The number of nitrogens with one attached hydrogen (secondary N) is 1. The third-order valence-corrected chi connectivity index (χ3v) is 2.98. The van der Waals surface area contributed by atoms with Gasteiger partial charge in [-0.2, -0.15) is 4.98 Å². The second-order valence-electron chi connectivity index (χ2n) is 3.82. The predicted octanol–water partition coefficient (Wildman–Crippen LogP) is 2.39. The molecule has 1 fully saturated rings. The summed E-state index contributed by atoms with van der Waals surface area (Å²) in [5.74, 6) is 0.397. The van der Waals surface area contributed by atoms with E-state index in [1.165, 1.54) is 20.0 Å². The highest BCUT2D eigenvalue weighted by atomic mass is 35.5. The number of esters is 1. The van der Waals surface area contributed by atoms with Crippen molar-refractivity contribution in [2.45, 2.75) is 12.8 Å². The maximum atomic E-state index is 11.4. The Morgan fingerprint density at radius 1 is 1.47 bits per heavy atom. The van der Waals surface area contributed by atoms with Crippen molar-refractivity contribution in [3.8, 4) is 0 Å². The minimum atomic E-state index is -0.631. The predicted molar refractivity (Wildman–Crippen MR) is 64.6 cm³/mol. The van der Waals surface area contributed by atoms with Gasteiger partial charge in [-0.3, -0.25) is 0 Å². The van der Waals surface area contributed by atoms with E-state index >= 15 is 0 Å². The van der Waals surface area contributed by atoms with Crippen LogP contribution in [0.1, 0.15) is 23.3 Å². The number of halogens is 2. The highest BCUT2D eigenvalue weighted by Gasteiger charge is 2.23. The van der Waals surface area contributed by atoms with Crippen LogP contribution in [0, 0.1) is 5.92 Å². The highest BCUT2D eigenvalue weighted by molar-refractivity contribution is 6.36. The Morgan fingerprint density at radius 3 is 2.76 bits per heavy atom. The lowest BCUT2D eigenvalue weighted by molar-refractivity contribution is 0.0594. The quantitative estimate of drug-likeness (QED) is 0.675. The van der Waals surface area contributed by atoms with E-state index in [4.69, 9.17) is 23.2 Å². The van der Waals surface area contributed by atoms with E-state index in [1.54, 1.807) is 0 Å². The number of hydrogen-bond donors (Lipinski definition) is 1. The molecule has 0 unspecified atom stereocenters. The number of nitrogens with zero attached hydrogens (tertiary/aromatic N) is 2. The van der Waals surface area contributed by atoms with Crippen molar-refractivity contribution in [3.63, 3.8) is 0 Å². The van der Waals surface area contributed by atoms with Crippen molar-refractivity contribution >= 4 is 35.0 Å². The third-order valence-electron chi connectivity index (χ3n) is 2.46. The molecular weight excluding hydrogens is 265 g/mol. The summed E-state index contributed by atoms with van der Waals surface area (Å²) in [5, 5.41) is 3.17. The van der Waals surface area contributed by atoms with E-state index in [1.807, 2.05) is 0 Å². The lowest BCUT2D eigenvalue weighted by atomic mass is 10.3. The molecule has 0 spiro atoms. The van der Waals surface area contributed by atoms with Crippen molar-refractivity contribution in [2.24, 2.45) is 5.92 Å². The van der Waals surface area contributed by atoms with E-state index in [9.17, 15) is 4.79 Å². The Kier molecular flexibility index (Phi) is 3.69. The van der Waals surface area contributed by atoms with E-state index in [-0.39, 0.29) is 16.0 Å². The molecule has 2 rings (SSSR count). The van der Waals surface area contributed by atoms with E-state index in [0.717, 1.165) is 6.54 Å². The Bertz CT molecular complexity index is 449. The van der Waals surface area contributed by atoms with Gasteiger partial charge in [0.05, 0.1) is 7.11 Å². The largest absolute Gasteiger partial charge is 0.464 e. The minimum absolute atomic E-state index is 0.0209. The molecule has 0 amide bonds. The molecule has 0 radical (unpaired) electrons. The van der Waals surface area contributed by atoms with Crippen LogP contribution in [-0.2, 0) is 4.74 Å². The highest BCUT2D eigenvalue weighted by Crippen LogP contribution is 2.31. The molecular formula is C10H11Cl2N3O2. The molecule has 1 aromatic rings. The zero-order chi connectivity index (χ0) is 12.4. The van der Waals surface area contributed by atoms with Crippen molar-refractivity contribution in [3.05, 3.63) is 16.0 Å². The monoisotopic (exact) mass is 275 g/mol. The number of methoxy groups -OCH3 is 1. The second kappa shape index (κ2) is 5.06. The van der Waals surface area contributed by atoms with Gasteiger partial charge in [-0.1, -0.05) is 11.6 Å². The molecule has 0 bridgehead atoms. The number of anilines is 1. The van der Waals surface area contributed by atoms with Crippen LogP contribution < -0.4 is 5.32 Å². The lowest BCUT2D eigenvalue weighted by Crippen LogP contribution is -2.11. The van der Waals surface area contributed by atoms with E-state index in [0.29, 0.717) is 11.7 Å². The minimum Gasteiger partial charge on any atom is -0.464 e. The number of aromatic nitrogens is 2. The Labute approximate surface area is 108 Å². The number of carbonyl (C=O) groups excluding carboxylic acids is 1. The van der Waals surface area contributed by atoms with Crippen LogP contribution in [0.2, 0.25) is 10.3 Å². The molecule has 92 valence electrons. The summed E-state index contributed by atoms with van der Waals surface area (Å²) >= 11 is 11.7. The standard InChI is InChI=1S/C10H11Cl2N3O2/c1-17-9(16)7-6(11)8(15-10(12)14-7)13-4-5-2-3-5/h5H,2-4H2,1H3,(H,13,14,15). The molecule has 1 aromatic heterocycles. The molecule has 0 saturated heterocycles. The Morgan fingerprint density at radius 2 is 2.18 bits per heavy atom. The van der Waals surface area contributed by atoms with Gasteiger partial charge >= 0.3 is 5.97 Å². The first-order valence-electron chi connectivity index (χ1n) is 5.17. The summed E-state index contributed by atoms with van der Waals surface area (Å²) in [5.41, 5.74) is -0.0209. The van der Waals surface area contributed by atoms with E-state index in [2.05, 4.69) is 20.0 Å². The summed E-state index contributed by atoms with van der Waals surface area (Å²) in [6, 6.07) is 0. The lowest BCUT2D eigenvalue weighted by Gasteiger charge is -2.09.